The quantitative estimate of drug-likeness (QED) is 0.357. The van der Waals surface area contributed by atoms with Crippen LogP contribution in [-0.2, 0) is 9.59 Å². The normalized spacial score (nSPS) is 10.4. The second-order valence-corrected chi connectivity index (χ2v) is 7.73. The number of hydrogen-bond donors (Lipinski definition) is 3. The van der Waals surface area contributed by atoms with Crippen molar-refractivity contribution >= 4 is 35.2 Å². The molecule has 1 amide bonds. The van der Waals surface area contributed by atoms with Crippen molar-refractivity contribution in [3.05, 3.63) is 77.4 Å². The first-order valence-corrected chi connectivity index (χ1v) is 10.1. The van der Waals surface area contributed by atoms with Crippen LogP contribution < -0.4 is 14.8 Å². The molecule has 0 bridgehead atoms. The molecule has 3 rings (SSSR count). The van der Waals surface area contributed by atoms with Gasteiger partial charge in [-0.3, -0.25) is 4.79 Å². The van der Waals surface area contributed by atoms with Crippen molar-refractivity contribution in [3.8, 4) is 11.5 Å². The molecule has 0 radical (unpaired) electrons. The number of nitrogens with one attached hydrogen (secondary N) is 2. The summed E-state index contributed by atoms with van der Waals surface area (Å²) in [5.74, 6) is -1.26. The molecule has 0 atom stereocenters. The zero-order chi connectivity index (χ0) is 21.7. The van der Waals surface area contributed by atoms with Crippen molar-refractivity contribution in [2.24, 2.45) is 0 Å². The van der Waals surface area contributed by atoms with E-state index in [1.165, 1.54) is 17.5 Å². The summed E-state index contributed by atoms with van der Waals surface area (Å²) >= 11 is 1.49. The number of benzene rings is 3. The van der Waals surface area contributed by atoms with Gasteiger partial charge in [-0.25, -0.2) is 4.79 Å². The van der Waals surface area contributed by atoms with Crippen molar-refractivity contribution in [1.82, 2.24) is 0 Å². The Bertz CT molecular complexity index is 1060. The molecule has 0 aliphatic heterocycles. The Balaban J connectivity index is 1.71. The van der Waals surface area contributed by atoms with E-state index in [4.69, 9.17) is 9.84 Å². The summed E-state index contributed by atoms with van der Waals surface area (Å²) in [5, 5.41) is 11.1. The summed E-state index contributed by atoms with van der Waals surface area (Å²) in [6.07, 6.45) is 0. The predicted molar refractivity (Wildman–Crippen MR) is 119 cm³/mol. The number of carboxylic acids is 1. The van der Waals surface area contributed by atoms with E-state index in [0.29, 0.717) is 17.2 Å². The van der Waals surface area contributed by atoms with Crippen LogP contribution in [0.4, 0.5) is 11.4 Å². The Labute approximate surface area is 179 Å². The number of carbonyl (C=O) groups is 2. The molecule has 3 N–H and O–H groups in total. The first-order chi connectivity index (χ1) is 14.3. The molecule has 0 fully saturated rings. The van der Waals surface area contributed by atoms with Gasteiger partial charge in [-0.2, -0.15) is 0 Å². The van der Waals surface area contributed by atoms with E-state index in [-0.39, 0.29) is 0 Å². The third-order valence-electron chi connectivity index (χ3n) is 4.28. The number of aryl methyl sites for hydroxylation is 3. The van der Waals surface area contributed by atoms with E-state index in [1.807, 2.05) is 57.2 Å². The number of carbonyl (C=O) groups excluding carboxylic acids is 1. The summed E-state index contributed by atoms with van der Waals surface area (Å²) in [6.45, 7) is 5.74. The lowest BCUT2D eigenvalue weighted by atomic mass is 10.1. The first-order valence-electron chi connectivity index (χ1n) is 9.25. The van der Waals surface area contributed by atoms with Gasteiger partial charge in [0.25, 0.3) is 0 Å². The van der Waals surface area contributed by atoms with Crippen LogP contribution in [0.3, 0.4) is 0 Å². The molecular formula is C23H22N2O4S. The number of aliphatic carboxylic acids is 1. The predicted octanol–water partition coefficient (Wildman–Crippen LogP) is 5.55. The third kappa shape index (κ3) is 5.55. The Morgan fingerprint density at radius 3 is 2.20 bits per heavy atom. The molecule has 154 valence electrons. The Morgan fingerprint density at radius 2 is 1.57 bits per heavy atom. The number of rotatable bonds is 6. The number of carboxylic acid groups (broad SMARTS) is 1. The number of ether oxygens (including phenoxy) is 1. The number of anilines is 2. The van der Waals surface area contributed by atoms with E-state index < -0.39 is 11.9 Å². The Morgan fingerprint density at radius 1 is 0.900 bits per heavy atom. The molecule has 0 spiro atoms. The minimum Gasteiger partial charge on any atom is -0.474 e. The van der Waals surface area contributed by atoms with Crippen LogP contribution >= 0.6 is 11.9 Å². The molecule has 0 saturated carbocycles. The third-order valence-corrected chi connectivity index (χ3v) is 5.10. The molecule has 3 aromatic carbocycles. The van der Waals surface area contributed by atoms with Crippen molar-refractivity contribution in [2.45, 2.75) is 25.7 Å². The highest BCUT2D eigenvalue weighted by molar-refractivity contribution is 8.00. The molecule has 6 nitrogen and oxygen atoms in total. The first kappa shape index (κ1) is 21.3. The van der Waals surface area contributed by atoms with Crippen LogP contribution in [0.15, 0.2) is 65.6 Å². The molecule has 0 aliphatic rings. The molecular weight excluding hydrogens is 400 g/mol. The van der Waals surface area contributed by atoms with Gasteiger partial charge in [0.1, 0.15) is 11.5 Å². The lowest BCUT2D eigenvalue weighted by molar-refractivity contribution is -0.147. The van der Waals surface area contributed by atoms with E-state index >= 15 is 0 Å². The van der Waals surface area contributed by atoms with Gasteiger partial charge in [0.15, 0.2) is 0 Å². The van der Waals surface area contributed by atoms with Crippen LogP contribution in [-0.4, -0.2) is 17.0 Å². The van der Waals surface area contributed by atoms with Gasteiger partial charge in [-0.1, -0.05) is 23.8 Å². The maximum Gasteiger partial charge on any atom is 0.394 e. The smallest absolute Gasteiger partial charge is 0.394 e. The highest BCUT2D eigenvalue weighted by Gasteiger charge is 2.14. The highest BCUT2D eigenvalue weighted by Crippen LogP contribution is 2.33. The van der Waals surface area contributed by atoms with Crippen LogP contribution in [0.25, 0.3) is 0 Å². The Kier molecular flexibility index (Phi) is 6.64. The molecule has 0 aliphatic carbocycles. The molecule has 0 aromatic heterocycles. The SMILES string of the molecule is Cc1ccc(NSc2cccc(Oc3c(C)cc(NC(=O)C(=O)O)cc3C)c2)cc1. The maximum absolute atomic E-state index is 11.4. The molecule has 30 heavy (non-hydrogen) atoms. The lowest BCUT2D eigenvalue weighted by Gasteiger charge is -2.15. The fraction of sp³-hybridized carbons (Fsp3) is 0.130. The van der Waals surface area contributed by atoms with E-state index in [1.54, 1.807) is 12.1 Å². The average molecular weight is 423 g/mol. The van der Waals surface area contributed by atoms with Gasteiger partial charge in [-0.05, 0) is 86.3 Å². The van der Waals surface area contributed by atoms with Gasteiger partial charge in [0.05, 0.1) is 0 Å². The van der Waals surface area contributed by atoms with Gasteiger partial charge in [0, 0.05) is 16.3 Å². The van der Waals surface area contributed by atoms with E-state index in [0.717, 1.165) is 21.7 Å². The number of amides is 1. The molecule has 0 heterocycles. The van der Waals surface area contributed by atoms with Crippen molar-refractivity contribution in [2.75, 3.05) is 10.0 Å². The molecule has 0 saturated heterocycles. The summed E-state index contributed by atoms with van der Waals surface area (Å²) in [5.41, 5.74) is 4.21. The summed E-state index contributed by atoms with van der Waals surface area (Å²) in [6, 6.07) is 19.2. The fourth-order valence-electron chi connectivity index (χ4n) is 2.83. The molecule has 7 heteroatoms. The summed E-state index contributed by atoms with van der Waals surface area (Å²) in [7, 11) is 0. The minimum absolute atomic E-state index is 0.413. The van der Waals surface area contributed by atoms with E-state index in [2.05, 4.69) is 22.2 Å². The van der Waals surface area contributed by atoms with Crippen molar-refractivity contribution in [3.63, 3.8) is 0 Å². The van der Waals surface area contributed by atoms with Gasteiger partial charge in [-0.15, -0.1) is 0 Å². The second kappa shape index (κ2) is 9.37. The standard InChI is InChI=1S/C23H22N2O4S/c1-14-7-9-17(10-8-14)25-30-20-6-4-5-19(13-20)29-21-15(2)11-18(12-16(21)3)24-22(26)23(27)28/h4-13,25H,1-3H3,(H,24,26)(H,27,28). The Hall–Kier alpha value is -3.45. The molecule has 3 aromatic rings. The zero-order valence-corrected chi connectivity index (χ0v) is 17.7. The fourth-order valence-corrected chi connectivity index (χ4v) is 3.52. The summed E-state index contributed by atoms with van der Waals surface area (Å²) in [4.78, 5) is 23.1. The van der Waals surface area contributed by atoms with Crippen molar-refractivity contribution in [1.29, 1.82) is 0 Å². The molecule has 0 unspecified atom stereocenters. The van der Waals surface area contributed by atoms with Crippen LogP contribution in [0, 0.1) is 20.8 Å². The highest BCUT2D eigenvalue weighted by atomic mass is 32.2. The largest absolute Gasteiger partial charge is 0.474 e. The lowest BCUT2D eigenvalue weighted by Crippen LogP contribution is -2.21. The van der Waals surface area contributed by atoms with Gasteiger partial charge in [0.2, 0.25) is 0 Å². The second-order valence-electron chi connectivity index (χ2n) is 6.85. The van der Waals surface area contributed by atoms with Crippen LogP contribution in [0.5, 0.6) is 11.5 Å². The zero-order valence-electron chi connectivity index (χ0n) is 16.9. The van der Waals surface area contributed by atoms with Crippen molar-refractivity contribution < 1.29 is 19.4 Å². The number of hydrogen-bond acceptors (Lipinski definition) is 5. The topological polar surface area (TPSA) is 87.7 Å². The maximum atomic E-state index is 11.4. The van der Waals surface area contributed by atoms with Crippen LogP contribution in [0.2, 0.25) is 0 Å². The van der Waals surface area contributed by atoms with Gasteiger partial charge < -0.3 is 19.9 Å². The van der Waals surface area contributed by atoms with E-state index in [9.17, 15) is 9.59 Å². The monoisotopic (exact) mass is 422 g/mol. The minimum atomic E-state index is -1.53. The van der Waals surface area contributed by atoms with Crippen LogP contribution in [0.1, 0.15) is 16.7 Å². The summed E-state index contributed by atoms with van der Waals surface area (Å²) < 4.78 is 9.40. The van der Waals surface area contributed by atoms with Gasteiger partial charge >= 0.3 is 11.9 Å². The average Bonchev–Trinajstić information content (AvgIpc) is 2.70.